The van der Waals surface area contributed by atoms with Crippen LogP contribution in [0.5, 0.6) is 0 Å². The van der Waals surface area contributed by atoms with Crippen LogP contribution in [0.15, 0.2) is 77.2 Å². The number of anilines is 2. The summed E-state index contributed by atoms with van der Waals surface area (Å²) in [5, 5.41) is 23.6. The lowest BCUT2D eigenvalue weighted by Gasteiger charge is -2.07. The third-order valence-electron chi connectivity index (χ3n) is 4.66. The summed E-state index contributed by atoms with van der Waals surface area (Å²) in [6.45, 7) is 1.91. The van der Waals surface area contributed by atoms with Gasteiger partial charge in [0.15, 0.2) is 0 Å². The van der Waals surface area contributed by atoms with Crippen LogP contribution in [0.1, 0.15) is 26.3 Å². The van der Waals surface area contributed by atoms with Crippen molar-refractivity contribution < 1.29 is 18.9 Å². The van der Waals surface area contributed by atoms with E-state index in [-0.39, 0.29) is 23.5 Å². The molecule has 0 bridgehead atoms. The molecular weight excluding hydrogens is 426 g/mol. The largest absolute Gasteiger partial charge is 0.403 e. The number of non-ortho nitro benzene ring substituents is 1. The van der Waals surface area contributed by atoms with E-state index in [9.17, 15) is 19.7 Å². The number of aromatic nitrogens is 2. The van der Waals surface area contributed by atoms with Gasteiger partial charge >= 0.3 is 6.01 Å². The molecule has 0 atom stereocenters. The van der Waals surface area contributed by atoms with Gasteiger partial charge in [-0.05, 0) is 55.5 Å². The molecule has 164 valence electrons. The number of hydrogen-bond donors (Lipinski definition) is 2. The number of nitro groups is 1. The molecular formula is C23H17N5O5. The van der Waals surface area contributed by atoms with Crippen LogP contribution in [-0.2, 0) is 0 Å². The van der Waals surface area contributed by atoms with Gasteiger partial charge in [0.25, 0.3) is 17.5 Å². The number of nitrogens with zero attached hydrogens (tertiary/aromatic N) is 3. The van der Waals surface area contributed by atoms with E-state index in [1.807, 2.05) is 19.1 Å². The molecule has 0 unspecified atom stereocenters. The van der Waals surface area contributed by atoms with Crippen molar-refractivity contribution in [3.63, 3.8) is 0 Å². The van der Waals surface area contributed by atoms with Crippen LogP contribution in [0.2, 0.25) is 0 Å². The summed E-state index contributed by atoms with van der Waals surface area (Å²) < 4.78 is 5.42. The second kappa shape index (κ2) is 9.10. The molecule has 33 heavy (non-hydrogen) atoms. The summed E-state index contributed by atoms with van der Waals surface area (Å²) in [5.41, 5.74) is 2.78. The first-order valence-corrected chi connectivity index (χ1v) is 9.77. The topological polar surface area (TPSA) is 140 Å². The number of hydrogen-bond acceptors (Lipinski definition) is 7. The second-order valence-corrected chi connectivity index (χ2v) is 7.07. The van der Waals surface area contributed by atoms with Gasteiger partial charge in [-0.2, -0.15) is 0 Å². The Morgan fingerprint density at radius 3 is 2.24 bits per heavy atom. The predicted molar refractivity (Wildman–Crippen MR) is 120 cm³/mol. The standard InChI is InChI=1S/C23H17N5O5/c1-14-3-2-4-17(13-14)21(30)24-18-9-5-15(6-10-18)20(29)25-23-27-26-22(33-23)16-7-11-19(12-8-16)28(31)32/h2-13H,1H3,(H,24,30)(H,25,27,29). The van der Waals surface area contributed by atoms with E-state index in [1.165, 1.54) is 24.3 Å². The molecule has 0 aliphatic rings. The van der Waals surface area contributed by atoms with Gasteiger partial charge in [-0.25, -0.2) is 0 Å². The minimum absolute atomic E-state index is 0.0645. The summed E-state index contributed by atoms with van der Waals surface area (Å²) in [6.07, 6.45) is 0. The zero-order valence-electron chi connectivity index (χ0n) is 17.3. The third-order valence-corrected chi connectivity index (χ3v) is 4.66. The van der Waals surface area contributed by atoms with E-state index in [0.29, 0.717) is 22.4 Å². The fraction of sp³-hybridized carbons (Fsp3) is 0.0435. The van der Waals surface area contributed by atoms with Crippen molar-refractivity contribution in [1.29, 1.82) is 0 Å². The van der Waals surface area contributed by atoms with Crippen molar-refractivity contribution in [1.82, 2.24) is 10.2 Å². The lowest BCUT2D eigenvalue weighted by atomic mass is 10.1. The minimum atomic E-state index is -0.511. The molecule has 2 N–H and O–H groups in total. The number of rotatable bonds is 6. The van der Waals surface area contributed by atoms with Crippen LogP contribution in [0.25, 0.3) is 11.5 Å². The Hall–Kier alpha value is -4.86. The molecule has 4 rings (SSSR count). The smallest absolute Gasteiger partial charge is 0.322 e. The van der Waals surface area contributed by atoms with Gasteiger partial charge < -0.3 is 9.73 Å². The number of aryl methyl sites for hydroxylation is 1. The molecule has 0 saturated carbocycles. The fourth-order valence-corrected chi connectivity index (χ4v) is 2.98. The van der Waals surface area contributed by atoms with Crippen LogP contribution < -0.4 is 10.6 Å². The number of benzene rings is 3. The fourth-order valence-electron chi connectivity index (χ4n) is 2.98. The number of nitrogens with one attached hydrogen (secondary N) is 2. The molecule has 0 radical (unpaired) electrons. The van der Waals surface area contributed by atoms with Crippen molar-refractivity contribution in [3.8, 4) is 11.5 Å². The van der Waals surface area contributed by atoms with Crippen LogP contribution in [-0.4, -0.2) is 26.9 Å². The number of carbonyl (C=O) groups is 2. The Kier molecular flexibility index (Phi) is 5.90. The molecule has 0 aliphatic carbocycles. The highest BCUT2D eigenvalue weighted by Crippen LogP contribution is 2.23. The number of nitro benzene ring substituents is 1. The maximum Gasteiger partial charge on any atom is 0.322 e. The van der Waals surface area contributed by atoms with E-state index >= 15 is 0 Å². The van der Waals surface area contributed by atoms with Crippen LogP contribution in [0.3, 0.4) is 0 Å². The molecule has 0 saturated heterocycles. The molecule has 2 amide bonds. The van der Waals surface area contributed by atoms with Gasteiger partial charge in [0, 0.05) is 34.5 Å². The van der Waals surface area contributed by atoms with Crippen molar-refractivity contribution in [2.24, 2.45) is 0 Å². The summed E-state index contributed by atoms with van der Waals surface area (Å²) in [5.74, 6) is -0.625. The molecule has 0 spiro atoms. The Bertz CT molecular complexity index is 1330. The van der Waals surface area contributed by atoms with Gasteiger partial charge in [-0.15, -0.1) is 5.10 Å². The zero-order valence-corrected chi connectivity index (χ0v) is 17.3. The van der Waals surface area contributed by atoms with E-state index in [0.717, 1.165) is 5.56 Å². The first kappa shape index (κ1) is 21.4. The molecule has 1 heterocycles. The highest BCUT2D eigenvalue weighted by molar-refractivity contribution is 6.05. The van der Waals surface area contributed by atoms with Crippen molar-refractivity contribution >= 4 is 29.2 Å². The maximum atomic E-state index is 12.5. The average Bonchev–Trinajstić information content (AvgIpc) is 3.28. The highest BCUT2D eigenvalue weighted by atomic mass is 16.6. The summed E-state index contributed by atoms with van der Waals surface area (Å²) in [7, 11) is 0. The van der Waals surface area contributed by atoms with Crippen LogP contribution >= 0.6 is 0 Å². The molecule has 1 aromatic heterocycles. The Balaban J connectivity index is 1.39. The third kappa shape index (κ3) is 5.07. The SMILES string of the molecule is Cc1cccc(C(=O)Nc2ccc(C(=O)Nc3nnc(-c4ccc([N+](=O)[O-])cc4)o3)cc2)c1. The number of amides is 2. The lowest BCUT2D eigenvalue weighted by Crippen LogP contribution is -2.14. The van der Waals surface area contributed by atoms with Gasteiger partial charge in [-0.1, -0.05) is 22.8 Å². The number of carbonyl (C=O) groups excluding carboxylic acids is 2. The van der Waals surface area contributed by atoms with Crippen molar-refractivity contribution in [2.75, 3.05) is 10.6 Å². The molecule has 0 aliphatic heterocycles. The Morgan fingerprint density at radius 2 is 1.58 bits per heavy atom. The van der Waals surface area contributed by atoms with Crippen molar-refractivity contribution in [2.45, 2.75) is 6.92 Å². The average molecular weight is 443 g/mol. The molecule has 4 aromatic rings. The Morgan fingerprint density at radius 1 is 0.879 bits per heavy atom. The first-order valence-electron chi connectivity index (χ1n) is 9.77. The molecule has 10 nitrogen and oxygen atoms in total. The first-order chi connectivity index (χ1) is 15.9. The predicted octanol–water partition coefficient (Wildman–Crippen LogP) is 4.46. The van der Waals surface area contributed by atoms with Crippen molar-refractivity contribution in [3.05, 3.63) is 99.6 Å². The monoisotopic (exact) mass is 443 g/mol. The highest BCUT2D eigenvalue weighted by Gasteiger charge is 2.14. The normalized spacial score (nSPS) is 10.5. The van der Waals surface area contributed by atoms with E-state index in [2.05, 4.69) is 20.8 Å². The zero-order chi connectivity index (χ0) is 23.4. The molecule has 0 fully saturated rings. The van der Waals surface area contributed by atoms with Crippen LogP contribution in [0.4, 0.5) is 17.4 Å². The Labute approximate surface area is 187 Å². The quantitative estimate of drug-likeness (QED) is 0.331. The summed E-state index contributed by atoms with van der Waals surface area (Å²) >= 11 is 0. The van der Waals surface area contributed by atoms with E-state index in [1.54, 1.807) is 36.4 Å². The van der Waals surface area contributed by atoms with Gasteiger partial charge in [0.05, 0.1) is 4.92 Å². The van der Waals surface area contributed by atoms with Gasteiger partial charge in [0.1, 0.15) is 0 Å². The van der Waals surface area contributed by atoms with Gasteiger partial charge in [0.2, 0.25) is 5.89 Å². The lowest BCUT2D eigenvalue weighted by molar-refractivity contribution is -0.384. The minimum Gasteiger partial charge on any atom is -0.403 e. The maximum absolute atomic E-state index is 12.5. The summed E-state index contributed by atoms with van der Waals surface area (Å²) in [6, 6.07) is 19.0. The van der Waals surface area contributed by atoms with E-state index in [4.69, 9.17) is 4.42 Å². The second-order valence-electron chi connectivity index (χ2n) is 7.07. The molecule has 3 aromatic carbocycles. The van der Waals surface area contributed by atoms with Gasteiger partial charge in [-0.3, -0.25) is 25.0 Å². The molecule has 10 heteroatoms. The van der Waals surface area contributed by atoms with E-state index < -0.39 is 10.8 Å². The van der Waals surface area contributed by atoms with Crippen LogP contribution in [0, 0.1) is 17.0 Å². The summed E-state index contributed by atoms with van der Waals surface area (Å²) in [4.78, 5) is 35.1.